The third kappa shape index (κ3) is 3.05. The molecule has 1 fully saturated rings. The van der Waals surface area contributed by atoms with Gasteiger partial charge in [-0.1, -0.05) is 13.8 Å². The summed E-state index contributed by atoms with van der Waals surface area (Å²) >= 11 is 0. The number of hydrogen-bond donors (Lipinski definition) is 3. The Morgan fingerprint density at radius 1 is 1.21 bits per heavy atom. The lowest BCUT2D eigenvalue weighted by atomic mass is 9.92. The summed E-state index contributed by atoms with van der Waals surface area (Å²) < 4.78 is 6.62. The van der Waals surface area contributed by atoms with E-state index in [-0.39, 0.29) is 23.8 Å². The minimum absolute atomic E-state index is 0.0683. The number of H-pyrrole nitrogens is 2. The van der Waals surface area contributed by atoms with E-state index in [2.05, 4.69) is 15.5 Å². The van der Waals surface area contributed by atoms with Crippen molar-refractivity contribution in [3.05, 3.63) is 45.2 Å². The highest BCUT2D eigenvalue weighted by Crippen LogP contribution is 2.28. The van der Waals surface area contributed by atoms with Crippen LogP contribution in [0.15, 0.2) is 33.9 Å². The summed E-state index contributed by atoms with van der Waals surface area (Å²) in [4.78, 5) is 35.6. The van der Waals surface area contributed by atoms with Crippen molar-refractivity contribution in [3.8, 4) is 5.69 Å². The number of benzene rings is 1. The molecule has 2 atom stereocenters. The summed E-state index contributed by atoms with van der Waals surface area (Å²) in [5, 5.41) is 7.31. The molecular formula is C16H20N4O4. The second kappa shape index (κ2) is 6.48. The highest BCUT2D eigenvalue weighted by Gasteiger charge is 2.35. The molecule has 2 aromatic rings. The predicted octanol–water partition coefficient (Wildman–Crippen LogP) is 0.854. The van der Waals surface area contributed by atoms with Gasteiger partial charge in [0.25, 0.3) is 0 Å². The molecule has 1 saturated heterocycles. The van der Waals surface area contributed by atoms with Crippen LogP contribution in [0.3, 0.4) is 0 Å². The first kappa shape index (κ1) is 16.3. The lowest BCUT2D eigenvalue weighted by molar-refractivity contribution is -0.122. The molecule has 24 heavy (non-hydrogen) atoms. The zero-order valence-electron chi connectivity index (χ0n) is 13.5. The van der Waals surface area contributed by atoms with Gasteiger partial charge >= 0.3 is 11.4 Å². The van der Waals surface area contributed by atoms with Gasteiger partial charge in [-0.2, -0.15) is 0 Å². The molecule has 1 aliphatic rings. The molecule has 1 aromatic carbocycles. The van der Waals surface area contributed by atoms with E-state index in [1.807, 2.05) is 13.8 Å². The third-order valence-electron chi connectivity index (χ3n) is 4.21. The van der Waals surface area contributed by atoms with Crippen LogP contribution in [0.1, 0.15) is 20.3 Å². The largest absolute Gasteiger partial charge is 0.377 e. The molecule has 128 valence electrons. The summed E-state index contributed by atoms with van der Waals surface area (Å²) in [5.41, 5.74) is -0.0535. The molecule has 0 spiro atoms. The molecule has 1 amide bonds. The second-order valence-electron chi connectivity index (χ2n) is 6.21. The zero-order valence-corrected chi connectivity index (χ0v) is 13.5. The van der Waals surface area contributed by atoms with Gasteiger partial charge in [0.15, 0.2) is 0 Å². The summed E-state index contributed by atoms with van der Waals surface area (Å²) in [6.45, 7) is 4.67. The molecule has 3 rings (SSSR count). The summed E-state index contributed by atoms with van der Waals surface area (Å²) in [5.74, 6) is 0.0354. The number of nitrogens with zero attached hydrogens (tertiary/aromatic N) is 1. The quantitative estimate of drug-likeness (QED) is 0.771. The van der Waals surface area contributed by atoms with Crippen molar-refractivity contribution >= 4 is 11.6 Å². The average molecular weight is 332 g/mol. The van der Waals surface area contributed by atoms with E-state index in [1.165, 1.54) is 0 Å². The van der Waals surface area contributed by atoms with Crippen LogP contribution in [0.2, 0.25) is 0 Å². The van der Waals surface area contributed by atoms with E-state index in [9.17, 15) is 14.4 Å². The maximum absolute atomic E-state index is 12.4. The maximum Gasteiger partial charge on any atom is 0.348 e. The molecule has 0 saturated carbocycles. The lowest BCUT2D eigenvalue weighted by Crippen LogP contribution is -2.32. The molecule has 0 unspecified atom stereocenters. The number of aromatic nitrogens is 3. The van der Waals surface area contributed by atoms with Crippen molar-refractivity contribution in [1.29, 1.82) is 0 Å². The van der Waals surface area contributed by atoms with Gasteiger partial charge in [0.05, 0.1) is 17.7 Å². The first-order valence-electron chi connectivity index (χ1n) is 7.90. The molecule has 8 nitrogen and oxygen atoms in total. The van der Waals surface area contributed by atoms with Crippen LogP contribution < -0.4 is 16.7 Å². The van der Waals surface area contributed by atoms with Crippen molar-refractivity contribution in [2.75, 3.05) is 11.9 Å². The smallest absolute Gasteiger partial charge is 0.348 e. The van der Waals surface area contributed by atoms with Gasteiger partial charge < -0.3 is 10.1 Å². The summed E-state index contributed by atoms with van der Waals surface area (Å²) in [6, 6.07) is 6.52. The maximum atomic E-state index is 12.4. The normalized spacial score (nSPS) is 20.5. The van der Waals surface area contributed by atoms with E-state index in [0.717, 1.165) is 4.57 Å². The predicted molar refractivity (Wildman–Crippen MR) is 88.3 cm³/mol. The minimum atomic E-state index is -0.542. The first-order chi connectivity index (χ1) is 11.5. The van der Waals surface area contributed by atoms with E-state index >= 15 is 0 Å². The number of hydrogen-bond acceptors (Lipinski definition) is 4. The van der Waals surface area contributed by atoms with E-state index in [0.29, 0.717) is 24.4 Å². The van der Waals surface area contributed by atoms with Crippen LogP contribution in [0.25, 0.3) is 5.69 Å². The molecule has 8 heteroatoms. The Morgan fingerprint density at radius 3 is 2.42 bits per heavy atom. The zero-order chi connectivity index (χ0) is 17.3. The molecule has 3 N–H and O–H groups in total. The topological polar surface area (TPSA) is 109 Å². The fraction of sp³-hybridized carbons (Fsp3) is 0.438. The molecule has 1 aromatic heterocycles. The van der Waals surface area contributed by atoms with Crippen LogP contribution in [0, 0.1) is 11.8 Å². The summed E-state index contributed by atoms with van der Waals surface area (Å²) in [7, 11) is 0. The highest BCUT2D eigenvalue weighted by atomic mass is 16.5. The number of carbonyl (C=O) groups is 1. The Morgan fingerprint density at radius 2 is 1.83 bits per heavy atom. The first-order valence-corrected chi connectivity index (χ1v) is 7.90. The molecule has 2 heterocycles. The Bertz CT molecular complexity index is 803. The Kier molecular flexibility index (Phi) is 4.39. The molecule has 0 aliphatic carbocycles. The van der Waals surface area contributed by atoms with Gasteiger partial charge in [-0.3, -0.25) is 4.79 Å². The van der Waals surface area contributed by atoms with Crippen molar-refractivity contribution in [2.45, 2.75) is 26.4 Å². The number of ether oxygens (including phenoxy) is 1. The fourth-order valence-corrected chi connectivity index (χ4v) is 3.02. The van der Waals surface area contributed by atoms with Crippen LogP contribution in [0.5, 0.6) is 0 Å². The summed E-state index contributed by atoms with van der Waals surface area (Å²) in [6.07, 6.45) is 0.641. The van der Waals surface area contributed by atoms with Gasteiger partial charge in [0.1, 0.15) is 0 Å². The van der Waals surface area contributed by atoms with Crippen molar-refractivity contribution in [3.63, 3.8) is 0 Å². The SMILES string of the molecule is CC(C)[C@@H]1OCC[C@H]1C(=O)Nc1ccc(-n2c(=O)[nH][nH]c2=O)cc1. The van der Waals surface area contributed by atoms with Crippen LogP contribution >= 0.6 is 0 Å². The molecule has 0 bridgehead atoms. The second-order valence-corrected chi connectivity index (χ2v) is 6.21. The Balaban J connectivity index is 1.74. The number of rotatable bonds is 4. The Hall–Kier alpha value is -2.61. The van der Waals surface area contributed by atoms with Crippen LogP contribution in [-0.4, -0.2) is 33.4 Å². The van der Waals surface area contributed by atoms with Gasteiger partial charge in [-0.25, -0.2) is 24.4 Å². The minimum Gasteiger partial charge on any atom is -0.377 e. The van der Waals surface area contributed by atoms with Gasteiger partial charge in [0.2, 0.25) is 5.91 Å². The third-order valence-corrected chi connectivity index (χ3v) is 4.21. The Labute approximate surface area is 137 Å². The van der Waals surface area contributed by atoms with E-state index in [4.69, 9.17) is 4.74 Å². The molecular weight excluding hydrogens is 312 g/mol. The fourth-order valence-electron chi connectivity index (χ4n) is 3.02. The number of nitrogens with one attached hydrogen (secondary N) is 3. The van der Waals surface area contributed by atoms with Gasteiger partial charge in [-0.15, -0.1) is 0 Å². The monoisotopic (exact) mass is 332 g/mol. The van der Waals surface area contributed by atoms with Crippen LogP contribution in [0.4, 0.5) is 5.69 Å². The lowest BCUT2D eigenvalue weighted by Gasteiger charge is -2.21. The van der Waals surface area contributed by atoms with E-state index < -0.39 is 11.4 Å². The van der Waals surface area contributed by atoms with Crippen LogP contribution in [-0.2, 0) is 9.53 Å². The van der Waals surface area contributed by atoms with Crippen molar-refractivity contribution in [1.82, 2.24) is 14.8 Å². The van der Waals surface area contributed by atoms with Crippen molar-refractivity contribution < 1.29 is 9.53 Å². The number of anilines is 1. The number of aromatic amines is 2. The highest BCUT2D eigenvalue weighted by molar-refractivity contribution is 5.93. The number of amides is 1. The molecule has 0 radical (unpaired) electrons. The van der Waals surface area contributed by atoms with Gasteiger partial charge in [-0.05, 0) is 36.6 Å². The number of carbonyl (C=O) groups excluding carboxylic acids is 1. The van der Waals surface area contributed by atoms with Crippen molar-refractivity contribution in [2.24, 2.45) is 11.8 Å². The van der Waals surface area contributed by atoms with Gasteiger partial charge in [0, 0.05) is 12.3 Å². The molecule has 1 aliphatic heterocycles. The standard InChI is InChI=1S/C16H20N4O4/c1-9(2)13-12(7-8-24-13)14(21)17-10-3-5-11(6-4-10)20-15(22)18-19-16(20)23/h3-6,9,12-13H,7-8H2,1-2H3,(H,17,21)(H,18,22)(H,19,23)/t12-,13+/m1/s1. The van der Waals surface area contributed by atoms with E-state index in [1.54, 1.807) is 24.3 Å². The average Bonchev–Trinajstić information content (AvgIpc) is 3.16.